The minimum Gasteiger partial charge on any atom is -0.493 e. The quantitative estimate of drug-likeness (QED) is 0.350. The van der Waals surface area contributed by atoms with E-state index in [0.29, 0.717) is 33.9 Å². The van der Waals surface area contributed by atoms with Gasteiger partial charge in [-0.15, -0.1) is 0 Å². The number of ether oxygens (including phenoxy) is 3. The van der Waals surface area contributed by atoms with Crippen LogP contribution < -0.4 is 9.47 Å². The summed E-state index contributed by atoms with van der Waals surface area (Å²) in [7, 11) is 1.58. The molecule has 0 atom stereocenters. The van der Waals surface area contributed by atoms with Crippen molar-refractivity contribution in [2.45, 2.75) is 26.7 Å². The molecule has 0 N–H and O–H groups in total. The SMILES string of the molecule is CCCOc1ccc(/C=C2\SC(=S)N(CCC(=O)OCC)C2=O)cc1OC. The van der Waals surface area contributed by atoms with Crippen LogP contribution in [0.2, 0.25) is 0 Å². The smallest absolute Gasteiger partial charge is 0.307 e. The third-order valence-corrected chi connectivity index (χ3v) is 5.04. The fourth-order valence-electron chi connectivity index (χ4n) is 2.39. The van der Waals surface area contributed by atoms with Crippen molar-refractivity contribution in [2.24, 2.45) is 0 Å². The van der Waals surface area contributed by atoms with Crippen LogP contribution in [0, 0.1) is 0 Å². The molecule has 8 heteroatoms. The Morgan fingerprint density at radius 3 is 2.74 bits per heavy atom. The fourth-order valence-corrected chi connectivity index (χ4v) is 3.69. The molecule has 1 saturated heterocycles. The highest BCUT2D eigenvalue weighted by atomic mass is 32.2. The summed E-state index contributed by atoms with van der Waals surface area (Å²) in [5, 5.41) is 0. The molecule has 0 saturated carbocycles. The molecule has 0 radical (unpaired) electrons. The first-order valence-electron chi connectivity index (χ1n) is 8.72. The molecule has 0 unspecified atom stereocenters. The van der Waals surface area contributed by atoms with Gasteiger partial charge in [0.25, 0.3) is 5.91 Å². The number of carbonyl (C=O) groups excluding carboxylic acids is 2. The van der Waals surface area contributed by atoms with E-state index in [4.69, 9.17) is 26.4 Å². The fraction of sp³-hybridized carbons (Fsp3) is 0.421. The number of hydrogen-bond donors (Lipinski definition) is 0. The lowest BCUT2D eigenvalue weighted by Crippen LogP contribution is -2.30. The number of thiocarbonyl (C=S) groups is 1. The summed E-state index contributed by atoms with van der Waals surface area (Å²) in [6.45, 7) is 4.91. The summed E-state index contributed by atoms with van der Waals surface area (Å²) in [6.07, 6.45) is 2.78. The average Bonchev–Trinajstić information content (AvgIpc) is 2.92. The summed E-state index contributed by atoms with van der Waals surface area (Å²) >= 11 is 6.49. The van der Waals surface area contributed by atoms with Crippen molar-refractivity contribution >= 4 is 46.3 Å². The Hall–Kier alpha value is -2.06. The molecule has 1 amide bonds. The van der Waals surface area contributed by atoms with Gasteiger partial charge in [0.1, 0.15) is 4.32 Å². The van der Waals surface area contributed by atoms with E-state index in [2.05, 4.69) is 0 Å². The minimum absolute atomic E-state index is 0.116. The van der Waals surface area contributed by atoms with Gasteiger partial charge in [0.05, 0.1) is 31.6 Å². The number of esters is 1. The normalized spacial score (nSPS) is 15.4. The molecule has 1 heterocycles. The summed E-state index contributed by atoms with van der Waals surface area (Å²) < 4.78 is 16.3. The predicted molar refractivity (Wildman–Crippen MR) is 110 cm³/mol. The highest BCUT2D eigenvalue weighted by Crippen LogP contribution is 2.34. The summed E-state index contributed by atoms with van der Waals surface area (Å²) in [5.41, 5.74) is 0.807. The maximum atomic E-state index is 12.6. The van der Waals surface area contributed by atoms with E-state index in [9.17, 15) is 9.59 Å². The molecule has 6 nitrogen and oxygen atoms in total. The number of nitrogens with zero attached hydrogens (tertiary/aromatic N) is 1. The van der Waals surface area contributed by atoms with Crippen molar-refractivity contribution < 1.29 is 23.8 Å². The maximum absolute atomic E-state index is 12.6. The number of rotatable bonds is 9. The Balaban J connectivity index is 2.11. The Morgan fingerprint density at radius 2 is 2.07 bits per heavy atom. The van der Waals surface area contributed by atoms with Gasteiger partial charge >= 0.3 is 5.97 Å². The molecule has 27 heavy (non-hydrogen) atoms. The zero-order valence-corrected chi connectivity index (χ0v) is 17.3. The number of carbonyl (C=O) groups is 2. The Labute approximate surface area is 168 Å². The molecule has 0 bridgehead atoms. The number of methoxy groups -OCH3 is 1. The lowest BCUT2D eigenvalue weighted by molar-refractivity contribution is -0.143. The maximum Gasteiger partial charge on any atom is 0.307 e. The molecule has 1 aliphatic heterocycles. The van der Waals surface area contributed by atoms with Gasteiger partial charge in [-0.2, -0.15) is 0 Å². The van der Waals surface area contributed by atoms with Crippen LogP contribution in [-0.2, 0) is 14.3 Å². The summed E-state index contributed by atoms with van der Waals surface area (Å²) in [5.74, 6) is 0.719. The highest BCUT2D eigenvalue weighted by molar-refractivity contribution is 8.26. The van der Waals surface area contributed by atoms with Crippen molar-refractivity contribution in [3.05, 3.63) is 28.7 Å². The summed E-state index contributed by atoms with van der Waals surface area (Å²) in [4.78, 5) is 26.0. The number of hydrogen-bond acceptors (Lipinski definition) is 7. The number of benzene rings is 1. The van der Waals surface area contributed by atoms with Crippen molar-refractivity contribution in [1.29, 1.82) is 0 Å². The van der Waals surface area contributed by atoms with Gasteiger partial charge in [0.2, 0.25) is 0 Å². The van der Waals surface area contributed by atoms with E-state index in [1.165, 1.54) is 16.7 Å². The van der Waals surface area contributed by atoms with Crippen LogP contribution in [0.15, 0.2) is 23.1 Å². The van der Waals surface area contributed by atoms with Crippen molar-refractivity contribution in [3.63, 3.8) is 0 Å². The van der Waals surface area contributed by atoms with E-state index >= 15 is 0 Å². The first-order valence-corrected chi connectivity index (χ1v) is 9.94. The highest BCUT2D eigenvalue weighted by Gasteiger charge is 2.32. The zero-order valence-electron chi connectivity index (χ0n) is 15.6. The van der Waals surface area contributed by atoms with Gasteiger partial charge in [-0.1, -0.05) is 37.0 Å². The Kier molecular flexibility index (Phi) is 8.12. The van der Waals surface area contributed by atoms with Gasteiger partial charge in [0, 0.05) is 6.54 Å². The van der Waals surface area contributed by atoms with Crippen LogP contribution in [0.4, 0.5) is 0 Å². The first-order chi connectivity index (χ1) is 13.0. The van der Waals surface area contributed by atoms with Crippen molar-refractivity contribution in [2.75, 3.05) is 26.9 Å². The molecule has 1 aliphatic rings. The van der Waals surface area contributed by atoms with Crippen LogP contribution in [0.1, 0.15) is 32.3 Å². The van der Waals surface area contributed by atoms with E-state index < -0.39 is 0 Å². The molecular weight excluding hydrogens is 386 g/mol. The molecular formula is C19H23NO5S2. The lowest BCUT2D eigenvalue weighted by atomic mass is 10.2. The lowest BCUT2D eigenvalue weighted by Gasteiger charge is -2.13. The average molecular weight is 410 g/mol. The molecule has 2 rings (SSSR count). The van der Waals surface area contributed by atoms with Gasteiger partial charge in [-0.05, 0) is 37.1 Å². The van der Waals surface area contributed by atoms with E-state index in [1.807, 2.05) is 25.1 Å². The molecule has 146 valence electrons. The van der Waals surface area contributed by atoms with E-state index in [-0.39, 0.29) is 24.8 Å². The number of amides is 1. The van der Waals surface area contributed by atoms with Crippen LogP contribution in [0.3, 0.4) is 0 Å². The van der Waals surface area contributed by atoms with Crippen LogP contribution in [0.5, 0.6) is 11.5 Å². The molecule has 1 aromatic carbocycles. The predicted octanol–water partition coefficient (Wildman–Crippen LogP) is 3.64. The standard InChI is InChI=1S/C19H23NO5S2/c1-4-10-25-14-7-6-13(11-15(14)23-3)12-16-18(22)20(19(26)27-16)9-8-17(21)24-5-2/h6-7,11-12H,4-5,8-10H2,1-3H3/b16-12-. The zero-order chi connectivity index (χ0) is 19.8. The van der Waals surface area contributed by atoms with Gasteiger partial charge < -0.3 is 14.2 Å². The summed E-state index contributed by atoms with van der Waals surface area (Å²) in [6, 6.07) is 5.50. The number of thioether (sulfide) groups is 1. The second-order valence-electron chi connectivity index (χ2n) is 5.65. The van der Waals surface area contributed by atoms with Gasteiger partial charge in [0.15, 0.2) is 11.5 Å². The monoisotopic (exact) mass is 409 g/mol. The van der Waals surface area contributed by atoms with Gasteiger partial charge in [-0.25, -0.2) is 0 Å². The molecule has 0 aliphatic carbocycles. The third kappa shape index (κ3) is 5.71. The third-order valence-electron chi connectivity index (χ3n) is 3.67. The first kappa shape index (κ1) is 21.2. The molecule has 0 aromatic heterocycles. The van der Waals surface area contributed by atoms with E-state index in [0.717, 1.165) is 12.0 Å². The molecule has 1 aromatic rings. The van der Waals surface area contributed by atoms with Crippen LogP contribution in [0.25, 0.3) is 6.08 Å². The Morgan fingerprint density at radius 1 is 1.30 bits per heavy atom. The van der Waals surface area contributed by atoms with E-state index in [1.54, 1.807) is 20.1 Å². The molecule has 1 fully saturated rings. The minimum atomic E-state index is -0.345. The van der Waals surface area contributed by atoms with Crippen LogP contribution in [-0.4, -0.2) is 48.0 Å². The largest absolute Gasteiger partial charge is 0.493 e. The molecule has 0 spiro atoms. The van der Waals surface area contributed by atoms with Crippen LogP contribution >= 0.6 is 24.0 Å². The Bertz CT molecular complexity index is 748. The topological polar surface area (TPSA) is 65.1 Å². The second kappa shape index (κ2) is 10.3. The van der Waals surface area contributed by atoms with Crippen molar-refractivity contribution in [3.8, 4) is 11.5 Å². The van der Waals surface area contributed by atoms with Gasteiger partial charge in [-0.3, -0.25) is 14.5 Å². The second-order valence-corrected chi connectivity index (χ2v) is 7.32. The van der Waals surface area contributed by atoms with Crippen molar-refractivity contribution in [1.82, 2.24) is 4.90 Å².